The molecule has 0 bridgehead atoms. The summed E-state index contributed by atoms with van der Waals surface area (Å²) in [7, 11) is 2.93. The maximum atomic E-state index is 11.9. The van der Waals surface area contributed by atoms with Gasteiger partial charge in [-0.2, -0.15) is 0 Å². The van der Waals surface area contributed by atoms with Crippen LogP contribution >= 0.6 is 0 Å². The number of aliphatic hydroxyl groups is 1. The fourth-order valence-electron chi connectivity index (χ4n) is 1.74. The van der Waals surface area contributed by atoms with Gasteiger partial charge in [-0.15, -0.1) is 0 Å². The average molecular weight is 230 g/mol. The number of esters is 1. The first-order chi connectivity index (χ1) is 7.51. The standard InChI is InChI=1S/C10H18N2O4/c1-4-11(2)10(15)12-6-7(13)5-8(12)9(14)16-3/h7-8,13H,4-6H2,1-3H3. The fourth-order valence-corrected chi connectivity index (χ4v) is 1.74. The Kier molecular flexibility index (Phi) is 4.12. The predicted octanol–water partition coefficient (Wildman–Crippen LogP) is -0.334. The molecule has 1 N–H and O–H groups in total. The molecular formula is C10H18N2O4. The number of hydrogen-bond acceptors (Lipinski definition) is 4. The monoisotopic (exact) mass is 230 g/mol. The number of β-amino-alcohol motifs (C(OH)–C–C–N with tert-alkyl or cyclic N) is 1. The molecule has 1 heterocycles. The van der Waals surface area contributed by atoms with E-state index in [-0.39, 0.29) is 19.0 Å². The second-order valence-electron chi connectivity index (χ2n) is 3.88. The minimum Gasteiger partial charge on any atom is -0.467 e. The van der Waals surface area contributed by atoms with E-state index in [2.05, 4.69) is 4.74 Å². The van der Waals surface area contributed by atoms with E-state index in [0.29, 0.717) is 6.54 Å². The highest BCUT2D eigenvalue weighted by molar-refractivity contribution is 5.84. The van der Waals surface area contributed by atoms with Crippen molar-refractivity contribution in [3.63, 3.8) is 0 Å². The van der Waals surface area contributed by atoms with Gasteiger partial charge in [0.25, 0.3) is 0 Å². The zero-order chi connectivity index (χ0) is 12.3. The van der Waals surface area contributed by atoms with Crippen molar-refractivity contribution in [2.75, 3.05) is 27.2 Å². The maximum Gasteiger partial charge on any atom is 0.328 e. The van der Waals surface area contributed by atoms with Gasteiger partial charge >= 0.3 is 12.0 Å². The number of hydrogen-bond donors (Lipinski definition) is 1. The molecule has 2 unspecified atom stereocenters. The molecule has 16 heavy (non-hydrogen) atoms. The molecule has 1 fully saturated rings. The molecule has 1 aliphatic heterocycles. The highest BCUT2D eigenvalue weighted by Gasteiger charge is 2.40. The van der Waals surface area contributed by atoms with Gasteiger partial charge in [0.1, 0.15) is 6.04 Å². The van der Waals surface area contributed by atoms with Gasteiger partial charge < -0.3 is 19.6 Å². The third kappa shape index (κ3) is 2.44. The van der Waals surface area contributed by atoms with Gasteiger partial charge in [-0.25, -0.2) is 9.59 Å². The molecule has 0 saturated carbocycles. The van der Waals surface area contributed by atoms with Crippen LogP contribution in [0.3, 0.4) is 0 Å². The van der Waals surface area contributed by atoms with Crippen LogP contribution in [-0.4, -0.2) is 66.3 Å². The Morgan fingerprint density at radius 1 is 1.56 bits per heavy atom. The molecule has 92 valence electrons. The Morgan fingerprint density at radius 3 is 2.69 bits per heavy atom. The summed E-state index contributed by atoms with van der Waals surface area (Å²) in [6.45, 7) is 2.58. The summed E-state index contributed by atoms with van der Waals surface area (Å²) < 4.78 is 4.61. The van der Waals surface area contributed by atoms with E-state index in [1.54, 1.807) is 7.05 Å². The van der Waals surface area contributed by atoms with Crippen LogP contribution in [0.15, 0.2) is 0 Å². The first kappa shape index (κ1) is 12.8. The minimum absolute atomic E-state index is 0.183. The average Bonchev–Trinajstić information content (AvgIpc) is 2.68. The summed E-state index contributed by atoms with van der Waals surface area (Å²) in [6, 6.07) is -0.920. The van der Waals surface area contributed by atoms with Crippen molar-refractivity contribution in [1.82, 2.24) is 9.80 Å². The highest BCUT2D eigenvalue weighted by atomic mass is 16.5. The van der Waals surface area contributed by atoms with Crippen LogP contribution in [0.1, 0.15) is 13.3 Å². The van der Waals surface area contributed by atoms with Crippen LogP contribution < -0.4 is 0 Å². The SMILES string of the molecule is CCN(C)C(=O)N1CC(O)CC1C(=O)OC. The molecule has 1 saturated heterocycles. The lowest BCUT2D eigenvalue weighted by atomic mass is 10.2. The normalized spacial score (nSPS) is 24.4. The molecule has 0 aromatic heterocycles. The number of likely N-dealkylation sites (tertiary alicyclic amines) is 1. The minimum atomic E-state index is -0.665. The van der Waals surface area contributed by atoms with E-state index in [4.69, 9.17) is 0 Å². The maximum absolute atomic E-state index is 11.9. The molecule has 6 nitrogen and oxygen atoms in total. The van der Waals surface area contributed by atoms with Crippen molar-refractivity contribution in [1.29, 1.82) is 0 Å². The lowest BCUT2D eigenvalue weighted by Gasteiger charge is -2.27. The summed E-state index contributed by atoms with van der Waals surface area (Å²) in [4.78, 5) is 26.2. The lowest BCUT2D eigenvalue weighted by molar-refractivity contribution is -0.145. The van der Waals surface area contributed by atoms with Crippen LogP contribution in [0.4, 0.5) is 4.79 Å². The van der Waals surface area contributed by atoms with Gasteiger partial charge in [0.05, 0.1) is 13.2 Å². The lowest BCUT2D eigenvalue weighted by Crippen LogP contribution is -2.47. The fraction of sp³-hybridized carbons (Fsp3) is 0.800. The van der Waals surface area contributed by atoms with Gasteiger partial charge in [-0.05, 0) is 6.92 Å². The van der Waals surface area contributed by atoms with Crippen molar-refractivity contribution < 1.29 is 19.4 Å². The smallest absolute Gasteiger partial charge is 0.328 e. The number of carbonyl (C=O) groups excluding carboxylic acids is 2. The van der Waals surface area contributed by atoms with E-state index < -0.39 is 18.1 Å². The summed E-state index contributed by atoms with van der Waals surface area (Å²) in [5.41, 5.74) is 0. The molecule has 0 aromatic rings. The molecule has 0 aliphatic carbocycles. The second kappa shape index (κ2) is 5.16. The number of amides is 2. The second-order valence-corrected chi connectivity index (χ2v) is 3.88. The molecular weight excluding hydrogens is 212 g/mol. The molecule has 2 amide bonds. The quantitative estimate of drug-likeness (QED) is 0.659. The number of aliphatic hydroxyl groups excluding tert-OH is 1. The van der Waals surface area contributed by atoms with Crippen molar-refractivity contribution in [3.8, 4) is 0 Å². The Labute approximate surface area is 94.8 Å². The molecule has 0 spiro atoms. The van der Waals surface area contributed by atoms with Gasteiger partial charge in [-0.3, -0.25) is 0 Å². The first-order valence-electron chi connectivity index (χ1n) is 5.28. The van der Waals surface area contributed by atoms with Crippen LogP contribution in [0.25, 0.3) is 0 Å². The number of ether oxygens (including phenoxy) is 1. The number of methoxy groups -OCH3 is 1. The number of rotatable bonds is 2. The molecule has 1 rings (SSSR count). The van der Waals surface area contributed by atoms with Gasteiger partial charge in [0, 0.05) is 26.6 Å². The number of carbonyl (C=O) groups is 2. The van der Waals surface area contributed by atoms with Crippen LogP contribution in [0, 0.1) is 0 Å². The Hall–Kier alpha value is -1.30. The van der Waals surface area contributed by atoms with Crippen molar-refractivity contribution in [2.24, 2.45) is 0 Å². The van der Waals surface area contributed by atoms with Gasteiger partial charge in [-0.1, -0.05) is 0 Å². The largest absolute Gasteiger partial charge is 0.467 e. The number of urea groups is 1. The van der Waals surface area contributed by atoms with Crippen molar-refractivity contribution in [2.45, 2.75) is 25.5 Å². The predicted molar refractivity (Wildman–Crippen MR) is 56.8 cm³/mol. The Balaban J connectivity index is 2.77. The summed E-state index contributed by atoms with van der Waals surface area (Å²) in [5, 5.41) is 9.50. The van der Waals surface area contributed by atoms with Crippen LogP contribution in [0.2, 0.25) is 0 Å². The molecule has 2 atom stereocenters. The topological polar surface area (TPSA) is 70.1 Å². The summed E-state index contributed by atoms with van der Waals surface area (Å²) in [5.74, 6) is -0.477. The third-order valence-corrected chi connectivity index (χ3v) is 2.80. The molecule has 0 aromatic carbocycles. The van der Waals surface area contributed by atoms with E-state index in [0.717, 1.165) is 0 Å². The zero-order valence-corrected chi connectivity index (χ0v) is 9.84. The zero-order valence-electron chi connectivity index (χ0n) is 9.84. The van der Waals surface area contributed by atoms with Crippen LogP contribution in [0.5, 0.6) is 0 Å². The van der Waals surface area contributed by atoms with E-state index in [1.807, 2.05) is 6.92 Å². The molecule has 1 aliphatic rings. The summed E-state index contributed by atoms with van der Waals surface area (Å²) >= 11 is 0. The van der Waals surface area contributed by atoms with Crippen molar-refractivity contribution in [3.05, 3.63) is 0 Å². The first-order valence-corrected chi connectivity index (χ1v) is 5.28. The third-order valence-electron chi connectivity index (χ3n) is 2.80. The molecule has 6 heteroatoms. The van der Waals surface area contributed by atoms with Crippen molar-refractivity contribution >= 4 is 12.0 Å². The van der Waals surface area contributed by atoms with E-state index >= 15 is 0 Å². The van der Waals surface area contributed by atoms with E-state index in [1.165, 1.54) is 16.9 Å². The Bertz CT molecular complexity index is 282. The summed E-state index contributed by atoms with van der Waals surface area (Å²) in [6.07, 6.45) is -0.408. The van der Waals surface area contributed by atoms with Gasteiger partial charge in [0.15, 0.2) is 0 Å². The van der Waals surface area contributed by atoms with E-state index in [9.17, 15) is 14.7 Å². The van der Waals surface area contributed by atoms with Crippen LogP contribution in [-0.2, 0) is 9.53 Å². The Morgan fingerprint density at radius 2 is 2.19 bits per heavy atom. The number of nitrogens with zero attached hydrogens (tertiary/aromatic N) is 2. The van der Waals surface area contributed by atoms with Gasteiger partial charge in [0.2, 0.25) is 0 Å². The molecule has 0 radical (unpaired) electrons. The highest BCUT2D eigenvalue weighted by Crippen LogP contribution is 2.20.